The van der Waals surface area contributed by atoms with E-state index in [4.69, 9.17) is 11.6 Å². The molecule has 5 amide bonds. The number of nitrogens with one attached hydrogen (secondary N) is 3. The lowest BCUT2D eigenvalue weighted by Gasteiger charge is -2.47. The number of urea groups is 1. The molecule has 24 heteroatoms. The van der Waals surface area contributed by atoms with Gasteiger partial charge in [-0.2, -0.15) is 13.2 Å². The van der Waals surface area contributed by atoms with Gasteiger partial charge in [0, 0.05) is 129 Å². The van der Waals surface area contributed by atoms with Crippen molar-refractivity contribution in [2.75, 3.05) is 106 Å². The minimum Gasteiger partial charge on any atom is -0.380 e. The summed E-state index contributed by atoms with van der Waals surface area (Å²) in [5.74, 6) is -0.667. The highest BCUT2D eigenvalue weighted by Gasteiger charge is 2.49. The summed E-state index contributed by atoms with van der Waals surface area (Å²) >= 11 is 7.71. The SMILES string of the molecule is CC1(C)CCC(c2ccc(Cl)cc2)=C(CN2CCN3c4ccc(C(=O)NS(=O)(=O)c5ccc(N[C@H](CCN6CCC(CN7CCN(C(=O)c8ccc(N9CCC(=O)NC9=O)cc8)CC7)CC6)CSc6ccccc6)c(S(=O)(=O)C(F)(F)F)c5)cc4CCC3C2)C1. The molecule has 0 saturated carbocycles. The number of anilines is 3. The van der Waals surface area contributed by atoms with E-state index in [1.165, 1.54) is 33.4 Å². The minimum absolute atomic E-state index is 0.0407. The molecule has 5 aromatic carbocycles. The van der Waals surface area contributed by atoms with Crippen LogP contribution in [0.25, 0.3) is 5.57 Å². The number of carbonyl (C=O) groups is 4. The van der Waals surface area contributed by atoms with E-state index < -0.39 is 58.8 Å². The molecule has 480 valence electrons. The van der Waals surface area contributed by atoms with Gasteiger partial charge in [-0.05, 0) is 177 Å². The second-order valence-corrected chi connectivity index (χ2v) is 30.5. The fraction of sp³-hybridized carbons (Fsp3) is 0.455. The molecule has 0 spiro atoms. The maximum absolute atomic E-state index is 14.6. The number of carbonyl (C=O) groups excluding carboxylic acids is 4. The molecular weight excluding hydrogens is 1240 g/mol. The Hall–Kier alpha value is -6.47. The Bertz CT molecular complexity index is 3730. The van der Waals surface area contributed by atoms with Gasteiger partial charge in [0.1, 0.15) is 4.90 Å². The van der Waals surface area contributed by atoms with Gasteiger partial charge in [0.25, 0.3) is 31.7 Å². The minimum atomic E-state index is -6.13. The first-order valence-electron chi connectivity index (χ1n) is 31.0. The van der Waals surface area contributed by atoms with E-state index in [0.717, 1.165) is 113 Å². The topological polar surface area (TPSA) is 192 Å². The molecule has 5 aliphatic heterocycles. The van der Waals surface area contributed by atoms with Crippen LogP contribution in [-0.4, -0.2) is 169 Å². The first kappa shape index (κ1) is 65.0. The van der Waals surface area contributed by atoms with E-state index in [-0.39, 0.29) is 41.8 Å². The summed E-state index contributed by atoms with van der Waals surface area (Å²) in [5, 5.41) is 6.11. The molecule has 17 nitrogen and oxygen atoms in total. The molecule has 6 aliphatic rings. The molecule has 5 heterocycles. The Morgan fingerprint density at radius 2 is 1.48 bits per heavy atom. The lowest BCUT2D eigenvalue weighted by molar-refractivity contribution is -0.120. The van der Waals surface area contributed by atoms with E-state index >= 15 is 0 Å². The van der Waals surface area contributed by atoms with E-state index in [1.807, 2.05) is 58.2 Å². The number of piperazine rings is 2. The van der Waals surface area contributed by atoms with Crippen molar-refractivity contribution in [2.45, 2.75) is 104 Å². The normalized spacial score (nSPS) is 20.3. The molecule has 11 rings (SSSR count). The van der Waals surface area contributed by atoms with Crippen molar-refractivity contribution in [1.29, 1.82) is 0 Å². The van der Waals surface area contributed by atoms with E-state index in [9.17, 15) is 49.2 Å². The summed E-state index contributed by atoms with van der Waals surface area (Å²) < 4.78 is 101. The van der Waals surface area contributed by atoms with Crippen molar-refractivity contribution >= 4 is 89.6 Å². The summed E-state index contributed by atoms with van der Waals surface area (Å²) in [4.78, 5) is 62.9. The molecule has 2 atom stereocenters. The predicted molar refractivity (Wildman–Crippen MR) is 345 cm³/mol. The van der Waals surface area contributed by atoms with Crippen molar-refractivity contribution in [3.8, 4) is 0 Å². The van der Waals surface area contributed by atoms with Gasteiger partial charge in [-0.15, -0.1) is 11.8 Å². The van der Waals surface area contributed by atoms with Gasteiger partial charge in [0.2, 0.25) is 5.91 Å². The number of amides is 5. The Balaban J connectivity index is 0.701. The number of nitrogens with zero attached hydrogens (tertiary/aromatic N) is 6. The van der Waals surface area contributed by atoms with Gasteiger partial charge in [-0.25, -0.2) is 26.4 Å². The fourth-order valence-corrected chi connectivity index (χ4v) is 16.6. The summed E-state index contributed by atoms with van der Waals surface area (Å²) in [6.45, 7) is 13.8. The third kappa shape index (κ3) is 15.4. The van der Waals surface area contributed by atoms with Crippen LogP contribution in [-0.2, 0) is 31.1 Å². The molecule has 4 fully saturated rings. The zero-order valence-corrected chi connectivity index (χ0v) is 53.9. The number of rotatable bonds is 19. The van der Waals surface area contributed by atoms with Crippen LogP contribution >= 0.6 is 23.4 Å². The highest BCUT2D eigenvalue weighted by atomic mass is 35.5. The second-order valence-electron chi connectivity index (χ2n) is 25.4. The van der Waals surface area contributed by atoms with Crippen LogP contribution in [0.1, 0.15) is 97.1 Å². The Morgan fingerprint density at radius 1 is 0.767 bits per heavy atom. The molecule has 90 heavy (non-hydrogen) atoms. The Labute approximate surface area is 534 Å². The summed E-state index contributed by atoms with van der Waals surface area (Å²) in [6, 6.07) is 31.1. The number of fused-ring (bicyclic) bond motifs is 3. The number of thioether (sulfide) groups is 1. The third-order valence-corrected chi connectivity index (χ3v) is 22.8. The van der Waals surface area contributed by atoms with Crippen molar-refractivity contribution in [3.05, 3.63) is 148 Å². The van der Waals surface area contributed by atoms with Gasteiger partial charge in [-0.3, -0.25) is 34.4 Å². The van der Waals surface area contributed by atoms with Crippen LogP contribution in [0.15, 0.2) is 136 Å². The number of alkyl halides is 3. The highest BCUT2D eigenvalue weighted by molar-refractivity contribution is 7.99. The molecule has 4 saturated heterocycles. The molecule has 1 aliphatic carbocycles. The lowest BCUT2D eigenvalue weighted by atomic mass is 9.72. The molecule has 5 aromatic rings. The van der Waals surface area contributed by atoms with Gasteiger partial charge in [0.15, 0.2) is 0 Å². The van der Waals surface area contributed by atoms with Gasteiger partial charge in [-0.1, -0.05) is 61.4 Å². The van der Waals surface area contributed by atoms with E-state index in [2.05, 4.69) is 56.2 Å². The van der Waals surface area contributed by atoms with Gasteiger partial charge >= 0.3 is 11.5 Å². The van der Waals surface area contributed by atoms with E-state index in [1.54, 1.807) is 36.4 Å². The number of imide groups is 1. The van der Waals surface area contributed by atoms with Crippen molar-refractivity contribution < 1.29 is 49.2 Å². The zero-order valence-electron chi connectivity index (χ0n) is 50.7. The Kier molecular flexibility index (Phi) is 19.8. The number of likely N-dealkylation sites (tertiary alicyclic amines) is 1. The molecule has 0 aromatic heterocycles. The number of halogens is 4. The third-order valence-electron chi connectivity index (χ3n) is 18.5. The van der Waals surface area contributed by atoms with Crippen molar-refractivity contribution in [1.82, 2.24) is 29.6 Å². The quantitative estimate of drug-likeness (QED) is 0.0662. The molecule has 0 bridgehead atoms. The number of sulfone groups is 1. The number of sulfonamides is 1. The van der Waals surface area contributed by atoms with Gasteiger partial charge < -0.3 is 20.0 Å². The van der Waals surface area contributed by atoms with Crippen LogP contribution in [0.5, 0.6) is 0 Å². The summed E-state index contributed by atoms with van der Waals surface area (Å²) in [6.07, 6.45) is 7.02. The average molecular weight is 1310 g/mol. The smallest absolute Gasteiger partial charge is 0.380 e. The molecular formula is C66H77ClF3N9O8S3. The van der Waals surface area contributed by atoms with Crippen LogP contribution in [0.3, 0.4) is 0 Å². The lowest BCUT2D eigenvalue weighted by Crippen LogP contribution is -2.55. The average Bonchev–Trinajstić information content (AvgIpc) is 0.909. The number of hydrogen-bond donors (Lipinski definition) is 3. The monoisotopic (exact) mass is 1310 g/mol. The van der Waals surface area contributed by atoms with Crippen molar-refractivity contribution in [3.63, 3.8) is 0 Å². The fourth-order valence-electron chi connectivity index (χ4n) is 13.5. The van der Waals surface area contributed by atoms with Crippen LogP contribution in [0, 0.1) is 11.3 Å². The van der Waals surface area contributed by atoms with Crippen LogP contribution in [0.2, 0.25) is 5.02 Å². The number of benzene rings is 5. The number of piperidine rings is 1. The predicted octanol–water partition coefficient (Wildman–Crippen LogP) is 10.4. The van der Waals surface area contributed by atoms with Crippen LogP contribution < -0.4 is 25.2 Å². The number of aryl methyl sites for hydroxylation is 1. The first-order chi connectivity index (χ1) is 42.9. The number of hydrogen-bond acceptors (Lipinski definition) is 14. The summed E-state index contributed by atoms with van der Waals surface area (Å²) in [5.41, 5.74) is 1.08. The Morgan fingerprint density at radius 3 is 2.19 bits per heavy atom. The second kappa shape index (κ2) is 27.4. The number of allylic oxidation sites excluding steroid dienone is 1. The zero-order chi connectivity index (χ0) is 63.5. The molecule has 3 N–H and O–H groups in total. The molecule has 0 radical (unpaired) electrons. The van der Waals surface area contributed by atoms with Gasteiger partial charge in [0.05, 0.1) is 10.6 Å². The van der Waals surface area contributed by atoms with E-state index in [0.29, 0.717) is 79.6 Å². The maximum atomic E-state index is 14.6. The van der Waals surface area contributed by atoms with Crippen molar-refractivity contribution in [2.24, 2.45) is 11.3 Å². The summed E-state index contributed by atoms with van der Waals surface area (Å²) in [7, 11) is -11.0. The first-order valence-corrected chi connectivity index (χ1v) is 35.3. The largest absolute Gasteiger partial charge is 0.501 e. The molecule has 1 unspecified atom stereocenters. The standard InChI is InChI=1S/C66H77ClF3N9O8S3/c1-65(2)27-22-57(46-8-14-51(67)15-9-46)50(40-65)42-76-34-37-78-54(43-76)18-12-48-38-49(13-21-59(48)78)62(81)73-90(86,87)56-19-20-58(60(39-56)89(84,85)66(68,69)70)71-52(44-88-55-6-4-3-5-7-55)25-30-74-28-23-45(24-29-74)41-75-32-35-77(36-33-75)63(82)47-10-16-53(17-11-47)79-31-26-61(80)72-64(79)83/h3-11,13-17,19-21,38-39,45,52,54,71H,12,18,22-37,40-44H2,1-2H3,(H,73,81)(H,72,80,83)/t52-,54?/m1/s1. The van der Waals surface area contributed by atoms with Crippen LogP contribution in [0.4, 0.5) is 35.0 Å². The maximum Gasteiger partial charge on any atom is 0.501 e. The highest BCUT2D eigenvalue weighted by Crippen LogP contribution is 2.44.